The van der Waals surface area contributed by atoms with E-state index in [0.29, 0.717) is 11.8 Å². The summed E-state index contributed by atoms with van der Waals surface area (Å²) in [6, 6.07) is 8.28. The van der Waals surface area contributed by atoms with E-state index in [4.69, 9.17) is 4.74 Å². The smallest absolute Gasteiger partial charge is 0.257 e. The molecule has 0 aliphatic carbocycles. The van der Waals surface area contributed by atoms with Crippen LogP contribution in [0.2, 0.25) is 0 Å². The molecule has 20 heavy (non-hydrogen) atoms. The number of hydrogen-bond acceptors (Lipinski definition) is 3. The molecule has 0 fully saturated rings. The molecule has 4 heteroatoms. The Morgan fingerprint density at radius 1 is 1.25 bits per heavy atom. The molecule has 0 aliphatic rings. The highest BCUT2D eigenvalue weighted by Crippen LogP contribution is 2.20. The van der Waals surface area contributed by atoms with Gasteiger partial charge in [0.25, 0.3) is 5.91 Å². The lowest BCUT2D eigenvalue weighted by Crippen LogP contribution is -2.24. The van der Waals surface area contributed by atoms with Crippen LogP contribution >= 0.6 is 0 Å². The maximum atomic E-state index is 11.2. The van der Waals surface area contributed by atoms with E-state index >= 15 is 0 Å². The molecule has 0 heterocycles. The van der Waals surface area contributed by atoms with Gasteiger partial charge in [-0.3, -0.25) is 4.79 Å². The molecule has 0 aromatic heterocycles. The molecule has 1 rings (SSSR count). The molecule has 0 spiro atoms. The number of amides is 1. The average Bonchev–Trinajstić information content (AvgIpc) is 2.45. The molecule has 0 radical (unpaired) electrons. The Hall–Kier alpha value is -1.71. The van der Waals surface area contributed by atoms with Crippen molar-refractivity contribution in [2.45, 2.75) is 45.6 Å². The van der Waals surface area contributed by atoms with Gasteiger partial charge in [-0.25, -0.2) is 0 Å². The van der Waals surface area contributed by atoms with Crippen molar-refractivity contribution in [3.63, 3.8) is 0 Å². The number of benzene rings is 1. The lowest BCUT2D eigenvalue weighted by atomic mass is 10.1. The van der Waals surface area contributed by atoms with Crippen molar-refractivity contribution in [3.8, 4) is 5.75 Å². The number of carbonyl (C=O) groups excluding carboxylic acids is 1. The van der Waals surface area contributed by atoms with Crippen LogP contribution in [-0.4, -0.2) is 25.6 Å². The van der Waals surface area contributed by atoms with Crippen molar-refractivity contribution in [1.82, 2.24) is 5.32 Å². The summed E-state index contributed by atoms with van der Waals surface area (Å²) in [4.78, 5) is 11.2. The van der Waals surface area contributed by atoms with Crippen molar-refractivity contribution < 1.29 is 9.53 Å². The summed E-state index contributed by atoms with van der Waals surface area (Å²) in [6.45, 7) is 4.45. The Morgan fingerprint density at radius 3 is 2.55 bits per heavy atom. The van der Waals surface area contributed by atoms with Crippen LogP contribution in [0.25, 0.3) is 0 Å². The minimum atomic E-state index is -0.127. The second-order valence-corrected chi connectivity index (χ2v) is 4.91. The summed E-state index contributed by atoms with van der Waals surface area (Å²) in [7, 11) is 1.60. The van der Waals surface area contributed by atoms with Crippen molar-refractivity contribution in [2.24, 2.45) is 0 Å². The monoisotopic (exact) mass is 278 g/mol. The van der Waals surface area contributed by atoms with Crippen LogP contribution in [0.15, 0.2) is 24.3 Å². The predicted molar refractivity (Wildman–Crippen MR) is 83.2 cm³/mol. The number of rotatable bonds is 9. The maximum absolute atomic E-state index is 11.2. The summed E-state index contributed by atoms with van der Waals surface area (Å²) >= 11 is 0. The Balaban J connectivity index is 2.59. The molecule has 0 saturated carbocycles. The number of anilines is 1. The number of carbonyl (C=O) groups is 1. The molecule has 0 saturated heterocycles. The SMILES string of the molecule is CCCC(CCC)Nc1cccc(OCC(=O)NC)c1. The molecular formula is C16H26N2O2. The largest absolute Gasteiger partial charge is 0.484 e. The molecule has 112 valence electrons. The zero-order valence-electron chi connectivity index (χ0n) is 12.7. The normalized spacial score (nSPS) is 10.4. The summed E-state index contributed by atoms with van der Waals surface area (Å²) < 4.78 is 5.45. The second-order valence-electron chi connectivity index (χ2n) is 4.91. The second kappa shape index (κ2) is 9.23. The molecular weight excluding hydrogens is 252 g/mol. The topological polar surface area (TPSA) is 50.4 Å². The van der Waals surface area contributed by atoms with E-state index in [9.17, 15) is 4.79 Å². The van der Waals surface area contributed by atoms with E-state index in [0.717, 1.165) is 18.5 Å². The first-order valence-electron chi connectivity index (χ1n) is 7.39. The summed E-state index contributed by atoms with van der Waals surface area (Å²) in [5.41, 5.74) is 1.05. The lowest BCUT2D eigenvalue weighted by molar-refractivity contribution is -0.122. The Labute approximate surface area is 121 Å². The number of hydrogen-bond donors (Lipinski definition) is 2. The van der Waals surface area contributed by atoms with E-state index < -0.39 is 0 Å². The van der Waals surface area contributed by atoms with Crippen LogP contribution in [0.4, 0.5) is 5.69 Å². The minimum Gasteiger partial charge on any atom is -0.484 e. The third-order valence-corrected chi connectivity index (χ3v) is 3.13. The fourth-order valence-corrected chi connectivity index (χ4v) is 2.12. The average molecular weight is 278 g/mol. The standard InChI is InChI=1S/C16H26N2O2/c1-4-7-13(8-5-2)18-14-9-6-10-15(11-14)20-12-16(19)17-3/h6,9-11,13,18H,4-5,7-8,12H2,1-3H3,(H,17,19). The molecule has 1 amide bonds. The fourth-order valence-electron chi connectivity index (χ4n) is 2.12. The van der Waals surface area contributed by atoms with Crippen molar-refractivity contribution >= 4 is 11.6 Å². The highest BCUT2D eigenvalue weighted by molar-refractivity contribution is 5.77. The molecule has 0 unspecified atom stereocenters. The van der Waals surface area contributed by atoms with Crippen molar-refractivity contribution in [2.75, 3.05) is 19.0 Å². The first kappa shape index (κ1) is 16.3. The Bertz CT molecular complexity index is 401. The van der Waals surface area contributed by atoms with E-state index in [-0.39, 0.29) is 12.5 Å². The molecule has 0 atom stereocenters. The highest BCUT2D eigenvalue weighted by Gasteiger charge is 2.07. The minimum absolute atomic E-state index is 0.0489. The van der Waals surface area contributed by atoms with Crippen LogP contribution in [0.5, 0.6) is 5.75 Å². The molecule has 2 N–H and O–H groups in total. The quantitative estimate of drug-likeness (QED) is 0.729. The zero-order valence-corrected chi connectivity index (χ0v) is 12.7. The van der Waals surface area contributed by atoms with Crippen molar-refractivity contribution in [1.29, 1.82) is 0 Å². The lowest BCUT2D eigenvalue weighted by Gasteiger charge is -2.19. The van der Waals surface area contributed by atoms with Gasteiger partial charge in [-0.15, -0.1) is 0 Å². The van der Waals surface area contributed by atoms with Gasteiger partial charge in [0, 0.05) is 24.8 Å². The van der Waals surface area contributed by atoms with Gasteiger partial charge in [-0.05, 0) is 25.0 Å². The fraction of sp³-hybridized carbons (Fsp3) is 0.562. The molecule has 1 aromatic carbocycles. The number of likely N-dealkylation sites (N-methyl/N-ethyl adjacent to an activating group) is 1. The van der Waals surface area contributed by atoms with Gasteiger partial charge >= 0.3 is 0 Å². The van der Waals surface area contributed by atoms with Gasteiger partial charge in [0.15, 0.2) is 6.61 Å². The molecule has 4 nitrogen and oxygen atoms in total. The first-order chi connectivity index (χ1) is 9.69. The Kier molecular flexibility index (Phi) is 7.55. The van der Waals surface area contributed by atoms with E-state index in [2.05, 4.69) is 24.5 Å². The number of ether oxygens (including phenoxy) is 1. The van der Waals surface area contributed by atoms with E-state index in [1.807, 2.05) is 24.3 Å². The zero-order chi connectivity index (χ0) is 14.8. The van der Waals surface area contributed by atoms with Gasteiger partial charge in [0.2, 0.25) is 0 Å². The van der Waals surface area contributed by atoms with Crippen LogP contribution in [0.3, 0.4) is 0 Å². The van der Waals surface area contributed by atoms with Gasteiger partial charge in [0.05, 0.1) is 0 Å². The highest BCUT2D eigenvalue weighted by atomic mass is 16.5. The van der Waals surface area contributed by atoms with E-state index in [1.165, 1.54) is 12.8 Å². The summed E-state index contributed by atoms with van der Waals surface area (Å²) in [5.74, 6) is 0.587. The van der Waals surface area contributed by atoms with Crippen molar-refractivity contribution in [3.05, 3.63) is 24.3 Å². The third-order valence-electron chi connectivity index (χ3n) is 3.13. The number of nitrogens with one attached hydrogen (secondary N) is 2. The maximum Gasteiger partial charge on any atom is 0.257 e. The predicted octanol–water partition coefficient (Wildman–Crippen LogP) is 3.19. The van der Waals surface area contributed by atoms with Gasteiger partial charge < -0.3 is 15.4 Å². The Morgan fingerprint density at radius 2 is 1.95 bits per heavy atom. The summed E-state index contributed by atoms with van der Waals surface area (Å²) in [6.07, 6.45) is 4.67. The van der Waals surface area contributed by atoms with Gasteiger partial charge in [0.1, 0.15) is 5.75 Å². The first-order valence-corrected chi connectivity index (χ1v) is 7.39. The summed E-state index contributed by atoms with van der Waals surface area (Å²) in [5, 5.41) is 6.08. The van der Waals surface area contributed by atoms with Gasteiger partial charge in [-0.2, -0.15) is 0 Å². The molecule has 0 bridgehead atoms. The van der Waals surface area contributed by atoms with Gasteiger partial charge in [-0.1, -0.05) is 32.8 Å². The van der Waals surface area contributed by atoms with Crippen LogP contribution in [0.1, 0.15) is 39.5 Å². The van der Waals surface area contributed by atoms with Crippen LogP contribution in [-0.2, 0) is 4.79 Å². The van der Waals surface area contributed by atoms with E-state index in [1.54, 1.807) is 7.05 Å². The van der Waals surface area contributed by atoms with Crippen LogP contribution in [0, 0.1) is 0 Å². The third kappa shape index (κ3) is 5.95. The molecule has 0 aliphatic heterocycles. The van der Waals surface area contributed by atoms with Crippen LogP contribution < -0.4 is 15.4 Å². The molecule has 1 aromatic rings.